The first-order valence-corrected chi connectivity index (χ1v) is 10.0. The summed E-state index contributed by atoms with van der Waals surface area (Å²) in [6, 6.07) is 25.8. The van der Waals surface area contributed by atoms with Crippen molar-refractivity contribution in [2.45, 2.75) is 6.92 Å². The molecule has 0 aliphatic heterocycles. The molecule has 4 aromatic rings. The largest absolute Gasteiger partial charge is 0.402 e. The third-order valence-corrected chi connectivity index (χ3v) is 4.87. The Labute approximate surface area is 182 Å². The summed E-state index contributed by atoms with van der Waals surface area (Å²) in [6.07, 6.45) is 0. The van der Waals surface area contributed by atoms with Gasteiger partial charge in [0.05, 0.1) is 11.3 Å². The Morgan fingerprint density at radius 3 is 2.13 bits per heavy atom. The molecule has 30 heavy (non-hydrogen) atoms. The lowest BCUT2D eigenvalue weighted by Crippen LogP contribution is -2.16. The molecule has 3 aromatic carbocycles. The van der Waals surface area contributed by atoms with E-state index in [1.807, 2.05) is 67.6 Å². The van der Waals surface area contributed by atoms with Crippen LogP contribution in [0.15, 0.2) is 94.5 Å². The van der Waals surface area contributed by atoms with Crippen molar-refractivity contribution in [1.82, 2.24) is 15.1 Å². The molecule has 0 aliphatic carbocycles. The summed E-state index contributed by atoms with van der Waals surface area (Å²) in [5.41, 5.74) is 3.40. The Balaban J connectivity index is 1.77. The summed E-state index contributed by atoms with van der Waals surface area (Å²) in [5.74, 6) is -0.368. The van der Waals surface area contributed by atoms with E-state index in [2.05, 4.69) is 31.3 Å². The van der Waals surface area contributed by atoms with Crippen LogP contribution in [0.1, 0.15) is 21.6 Å². The summed E-state index contributed by atoms with van der Waals surface area (Å²) >= 11 is 3.44. The molecule has 0 N–H and O–H groups in total. The van der Waals surface area contributed by atoms with Gasteiger partial charge >= 0.3 is 5.97 Å². The topological polar surface area (TPSA) is 69.4 Å². The van der Waals surface area contributed by atoms with Crippen LogP contribution in [0.3, 0.4) is 0 Å². The average molecular weight is 461 g/mol. The van der Waals surface area contributed by atoms with Gasteiger partial charge in [0.1, 0.15) is 5.69 Å². The fourth-order valence-electron chi connectivity index (χ4n) is 2.87. The van der Waals surface area contributed by atoms with Crippen molar-refractivity contribution in [2.24, 2.45) is 5.10 Å². The first kappa shape index (κ1) is 19.7. The van der Waals surface area contributed by atoms with E-state index in [0.29, 0.717) is 22.5 Å². The van der Waals surface area contributed by atoms with Crippen molar-refractivity contribution in [3.8, 4) is 11.3 Å². The highest BCUT2D eigenvalue weighted by atomic mass is 79.9. The minimum Gasteiger partial charge on any atom is -0.402 e. The highest BCUT2D eigenvalue weighted by Crippen LogP contribution is 2.24. The maximum absolute atomic E-state index is 12.7. The van der Waals surface area contributed by atoms with Gasteiger partial charge in [-0.1, -0.05) is 64.5 Å². The minimum absolute atomic E-state index is 0.132. The number of esters is 1. The summed E-state index contributed by atoms with van der Waals surface area (Å²) in [6.45, 7) is 1.86. The normalized spacial score (nSPS) is 11.3. The Bertz CT molecular complexity index is 1190. The molecule has 0 unspecified atom stereocenters. The highest BCUT2D eigenvalue weighted by molar-refractivity contribution is 9.10. The van der Waals surface area contributed by atoms with E-state index in [0.717, 1.165) is 10.0 Å². The van der Waals surface area contributed by atoms with Gasteiger partial charge in [-0.15, -0.1) is 15.0 Å². The van der Waals surface area contributed by atoms with Crippen LogP contribution in [0.2, 0.25) is 0 Å². The van der Waals surface area contributed by atoms with Gasteiger partial charge in [0.2, 0.25) is 5.90 Å². The van der Waals surface area contributed by atoms with Crippen LogP contribution in [0.25, 0.3) is 11.3 Å². The van der Waals surface area contributed by atoms with Crippen LogP contribution in [-0.2, 0) is 4.74 Å². The van der Waals surface area contributed by atoms with Crippen molar-refractivity contribution >= 4 is 27.8 Å². The maximum atomic E-state index is 12.7. The van der Waals surface area contributed by atoms with E-state index < -0.39 is 5.97 Å². The second-order valence-electron chi connectivity index (χ2n) is 6.45. The molecule has 0 radical (unpaired) electrons. The smallest absolute Gasteiger partial charge is 0.344 e. The average Bonchev–Trinajstić information content (AvgIpc) is 3.15. The van der Waals surface area contributed by atoms with E-state index in [9.17, 15) is 4.79 Å². The Morgan fingerprint density at radius 2 is 1.50 bits per heavy atom. The number of halogens is 1. The van der Waals surface area contributed by atoms with Crippen molar-refractivity contribution in [3.05, 3.63) is 106 Å². The zero-order valence-electron chi connectivity index (χ0n) is 16.1. The second kappa shape index (κ2) is 8.84. The lowest BCUT2D eigenvalue weighted by molar-refractivity contribution is 0.0716. The van der Waals surface area contributed by atoms with Crippen LogP contribution >= 0.6 is 15.9 Å². The molecule has 0 atom stereocenters. The molecule has 0 spiro atoms. The number of ether oxygens (including phenoxy) is 1. The highest BCUT2D eigenvalue weighted by Gasteiger charge is 2.17. The van der Waals surface area contributed by atoms with Crippen molar-refractivity contribution in [2.75, 3.05) is 0 Å². The fraction of sp³-hybridized carbons (Fsp3) is 0.0435. The maximum Gasteiger partial charge on any atom is 0.344 e. The van der Waals surface area contributed by atoms with Crippen molar-refractivity contribution in [3.63, 3.8) is 0 Å². The van der Waals surface area contributed by atoms with Gasteiger partial charge in [-0.25, -0.2) is 4.79 Å². The summed E-state index contributed by atoms with van der Waals surface area (Å²) < 4.78 is 6.63. The lowest BCUT2D eigenvalue weighted by Gasteiger charge is -2.09. The molecular weight excluding hydrogens is 444 g/mol. The molecule has 0 amide bonds. The lowest BCUT2D eigenvalue weighted by atomic mass is 10.1. The number of hydrogen-bond acceptors (Lipinski definition) is 5. The number of carbonyl (C=O) groups is 1. The molecule has 148 valence electrons. The Morgan fingerprint density at radius 1 is 0.900 bits per heavy atom. The Kier molecular flexibility index (Phi) is 5.81. The van der Waals surface area contributed by atoms with E-state index >= 15 is 0 Å². The van der Waals surface area contributed by atoms with Crippen LogP contribution in [0.4, 0.5) is 0 Å². The van der Waals surface area contributed by atoms with Gasteiger partial charge in [0.25, 0.3) is 0 Å². The quantitative estimate of drug-likeness (QED) is 0.241. The minimum atomic E-state index is -0.500. The molecule has 0 aliphatic rings. The monoisotopic (exact) mass is 460 g/mol. The van der Waals surface area contributed by atoms with Gasteiger partial charge in [0, 0.05) is 15.6 Å². The predicted octanol–water partition coefficient (Wildman–Crippen LogP) is 5.08. The van der Waals surface area contributed by atoms with Gasteiger partial charge in [-0.3, -0.25) is 0 Å². The molecule has 0 fully saturated rings. The molecule has 0 saturated heterocycles. The SMILES string of the molecule is Cc1nnn(/N=C(/OC(=O)c2ccccc2)c2ccccc2)c1-c1ccc(Br)cc1. The third-order valence-electron chi connectivity index (χ3n) is 4.34. The summed E-state index contributed by atoms with van der Waals surface area (Å²) in [5, 5.41) is 12.8. The number of hydrogen-bond donors (Lipinski definition) is 0. The van der Waals surface area contributed by atoms with Crippen LogP contribution in [0, 0.1) is 6.92 Å². The molecule has 6 nitrogen and oxygen atoms in total. The standard InChI is InChI=1S/C23H17BrN4O2/c1-16-21(17-12-14-20(24)15-13-17)28(27-25-16)26-22(18-8-4-2-5-9-18)30-23(29)19-10-6-3-7-11-19/h2-15H,1H3/b26-22+. The fourth-order valence-corrected chi connectivity index (χ4v) is 3.14. The van der Waals surface area contributed by atoms with Crippen molar-refractivity contribution < 1.29 is 9.53 Å². The Hall–Kier alpha value is -3.58. The molecule has 1 heterocycles. The van der Waals surface area contributed by atoms with E-state index in [-0.39, 0.29) is 5.90 Å². The zero-order valence-corrected chi connectivity index (χ0v) is 17.7. The molecule has 0 bridgehead atoms. The number of carbonyl (C=O) groups excluding carboxylic acids is 1. The van der Waals surface area contributed by atoms with E-state index in [1.54, 1.807) is 24.3 Å². The first-order chi connectivity index (χ1) is 14.6. The first-order valence-electron chi connectivity index (χ1n) is 9.21. The number of aryl methyl sites for hydroxylation is 1. The predicted molar refractivity (Wildman–Crippen MR) is 118 cm³/mol. The molecule has 4 rings (SSSR count). The number of nitrogens with zero attached hydrogens (tertiary/aromatic N) is 4. The van der Waals surface area contributed by atoms with Crippen LogP contribution in [0.5, 0.6) is 0 Å². The van der Waals surface area contributed by atoms with Crippen molar-refractivity contribution in [1.29, 1.82) is 0 Å². The van der Waals surface area contributed by atoms with Crippen LogP contribution in [-0.4, -0.2) is 27.0 Å². The second-order valence-corrected chi connectivity index (χ2v) is 7.36. The number of rotatable bonds is 4. The van der Waals surface area contributed by atoms with Crippen LogP contribution < -0.4 is 0 Å². The van der Waals surface area contributed by atoms with Gasteiger partial charge in [-0.2, -0.15) is 0 Å². The summed E-state index contributed by atoms with van der Waals surface area (Å²) in [4.78, 5) is 14.1. The molecule has 0 saturated carbocycles. The number of aromatic nitrogens is 3. The zero-order chi connectivity index (χ0) is 20.9. The van der Waals surface area contributed by atoms with Gasteiger partial charge in [-0.05, 0) is 48.5 Å². The van der Waals surface area contributed by atoms with E-state index in [1.165, 1.54) is 4.79 Å². The van der Waals surface area contributed by atoms with E-state index in [4.69, 9.17) is 4.74 Å². The molecule has 1 aromatic heterocycles. The third kappa shape index (κ3) is 4.36. The number of benzene rings is 3. The van der Waals surface area contributed by atoms with Gasteiger partial charge < -0.3 is 4.74 Å². The summed E-state index contributed by atoms with van der Waals surface area (Å²) in [7, 11) is 0. The molecular formula is C23H17BrN4O2. The van der Waals surface area contributed by atoms with Gasteiger partial charge in [0.15, 0.2) is 0 Å². The molecule has 7 heteroatoms.